The summed E-state index contributed by atoms with van der Waals surface area (Å²) in [5, 5.41) is 12.0. The van der Waals surface area contributed by atoms with Gasteiger partial charge in [0.1, 0.15) is 0 Å². The van der Waals surface area contributed by atoms with E-state index in [-0.39, 0.29) is 0 Å². The van der Waals surface area contributed by atoms with Crippen LogP contribution in [0.15, 0.2) is 39.5 Å². The Hall–Kier alpha value is 0.0900. The summed E-state index contributed by atoms with van der Waals surface area (Å²) in [6, 6.07) is 10.2. The Labute approximate surface area is 121 Å². The first-order valence-electron chi connectivity index (χ1n) is 4.81. The summed E-state index contributed by atoms with van der Waals surface area (Å²) in [4.78, 5) is 0. The van der Waals surface area contributed by atoms with Crippen molar-refractivity contribution < 1.29 is 5.11 Å². The van der Waals surface area contributed by atoms with Gasteiger partial charge in [0.05, 0.1) is 9.89 Å². The Morgan fingerprint density at radius 3 is 2.56 bits per heavy atom. The van der Waals surface area contributed by atoms with Gasteiger partial charge in [-0.3, -0.25) is 0 Å². The van der Waals surface area contributed by atoms with E-state index in [1.807, 2.05) is 11.4 Å². The predicted octanol–water partition coefficient (Wildman–Crippen LogP) is 4.39. The molecule has 0 bridgehead atoms. The van der Waals surface area contributed by atoms with Crippen molar-refractivity contribution in [1.29, 1.82) is 0 Å². The second kappa shape index (κ2) is 5.62. The Balaban J connectivity index is 2.07. The summed E-state index contributed by atoms with van der Waals surface area (Å²) in [5.74, 6) is 0. The fraction of sp³-hybridized carbons (Fsp3) is 0.167. The van der Waals surface area contributed by atoms with E-state index >= 15 is 0 Å². The fourth-order valence-electron chi connectivity index (χ4n) is 1.46. The molecule has 1 atom stereocenters. The maximum atomic E-state index is 10.0. The van der Waals surface area contributed by atoms with Gasteiger partial charge in [-0.1, -0.05) is 12.1 Å². The topological polar surface area (TPSA) is 20.2 Å². The van der Waals surface area contributed by atoms with Crippen LogP contribution >= 0.6 is 49.9 Å². The van der Waals surface area contributed by atoms with Gasteiger partial charge in [-0.15, -0.1) is 11.3 Å². The molecular weight excluding hydrogens is 399 g/mol. The van der Waals surface area contributed by atoms with Crippen LogP contribution in [0.3, 0.4) is 0 Å². The molecule has 0 aliphatic rings. The number of thiophene rings is 1. The minimum atomic E-state index is -0.414. The molecule has 4 heteroatoms. The van der Waals surface area contributed by atoms with E-state index in [0.29, 0.717) is 6.42 Å². The maximum absolute atomic E-state index is 10.0. The first kappa shape index (κ1) is 12.5. The monoisotopic (exact) mass is 408 g/mol. The molecule has 0 radical (unpaired) electrons. The second-order valence-electron chi connectivity index (χ2n) is 3.53. The molecule has 0 saturated heterocycles. The number of halogens is 2. The molecule has 0 aliphatic heterocycles. The number of rotatable bonds is 3. The number of hydrogen-bond donors (Lipinski definition) is 1. The normalized spacial score (nSPS) is 12.7. The summed E-state index contributed by atoms with van der Waals surface area (Å²) in [5.41, 5.74) is 2.14. The van der Waals surface area contributed by atoms with E-state index in [1.165, 1.54) is 3.57 Å². The van der Waals surface area contributed by atoms with Gasteiger partial charge in [0.2, 0.25) is 0 Å². The van der Waals surface area contributed by atoms with Gasteiger partial charge in [0, 0.05) is 9.99 Å². The van der Waals surface area contributed by atoms with Crippen LogP contribution in [-0.2, 0) is 6.42 Å². The third-order valence-electron chi connectivity index (χ3n) is 2.31. The molecule has 1 aromatic carbocycles. The average molecular weight is 409 g/mol. The van der Waals surface area contributed by atoms with Crippen molar-refractivity contribution >= 4 is 49.9 Å². The predicted molar refractivity (Wildman–Crippen MR) is 79.8 cm³/mol. The zero-order valence-electron chi connectivity index (χ0n) is 8.36. The van der Waals surface area contributed by atoms with E-state index in [0.717, 1.165) is 14.9 Å². The van der Waals surface area contributed by atoms with Crippen LogP contribution in [0, 0.1) is 3.57 Å². The quantitative estimate of drug-likeness (QED) is 0.746. The van der Waals surface area contributed by atoms with Crippen molar-refractivity contribution in [1.82, 2.24) is 0 Å². The molecular formula is C12H10BrIOS. The van der Waals surface area contributed by atoms with Gasteiger partial charge in [0.25, 0.3) is 0 Å². The largest absolute Gasteiger partial charge is 0.388 e. The summed E-state index contributed by atoms with van der Waals surface area (Å²) < 4.78 is 2.28. The Bertz CT molecular complexity index is 466. The lowest BCUT2D eigenvalue weighted by molar-refractivity contribution is 0.179. The maximum Gasteiger partial charge on any atom is 0.0838 e. The molecule has 0 aliphatic carbocycles. The van der Waals surface area contributed by atoms with Crippen LogP contribution < -0.4 is 0 Å². The smallest absolute Gasteiger partial charge is 0.0838 e. The summed E-state index contributed by atoms with van der Waals surface area (Å²) in [6.07, 6.45) is 0.253. The standard InChI is InChI=1S/C12H10BrIOS/c13-12-6-9(7-16-12)11(15)5-8-1-3-10(14)4-2-8/h1-4,6-7,11,15H,5H2. The third kappa shape index (κ3) is 3.29. The van der Waals surface area contributed by atoms with Gasteiger partial charge in [0.15, 0.2) is 0 Å². The average Bonchev–Trinajstić information content (AvgIpc) is 2.68. The molecule has 2 rings (SSSR count). The van der Waals surface area contributed by atoms with E-state index < -0.39 is 6.10 Å². The molecule has 16 heavy (non-hydrogen) atoms. The highest BCUT2D eigenvalue weighted by molar-refractivity contribution is 14.1. The van der Waals surface area contributed by atoms with Gasteiger partial charge < -0.3 is 5.11 Å². The molecule has 1 aromatic heterocycles. The summed E-state index contributed by atoms with van der Waals surface area (Å²) in [6.45, 7) is 0. The van der Waals surface area contributed by atoms with Crippen molar-refractivity contribution in [3.05, 3.63) is 54.2 Å². The van der Waals surface area contributed by atoms with Crippen molar-refractivity contribution in [3.63, 3.8) is 0 Å². The SMILES string of the molecule is OC(Cc1ccc(I)cc1)c1csc(Br)c1. The third-order valence-corrected chi connectivity index (χ3v) is 4.56. The number of aliphatic hydroxyl groups excluding tert-OH is 1. The van der Waals surface area contributed by atoms with Gasteiger partial charge >= 0.3 is 0 Å². The molecule has 1 N–H and O–H groups in total. The molecule has 0 saturated carbocycles. The molecule has 1 heterocycles. The molecule has 1 unspecified atom stereocenters. The van der Waals surface area contributed by atoms with Crippen LogP contribution in [0.4, 0.5) is 0 Å². The van der Waals surface area contributed by atoms with E-state index in [1.54, 1.807) is 11.3 Å². The molecule has 1 nitrogen and oxygen atoms in total. The van der Waals surface area contributed by atoms with E-state index in [4.69, 9.17) is 0 Å². The molecule has 0 spiro atoms. The molecule has 84 valence electrons. The summed E-state index contributed by atoms with van der Waals surface area (Å²) in [7, 11) is 0. The minimum absolute atomic E-state index is 0.414. The number of hydrogen-bond acceptors (Lipinski definition) is 2. The minimum Gasteiger partial charge on any atom is -0.388 e. The first-order valence-corrected chi connectivity index (χ1v) is 7.57. The Kier molecular flexibility index (Phi) is 4.41. The van der Waals surface area contributed by atoms with Crippen molar-refractivity contribution in [2.75, 3.05) is 0 Å². The summed E-state index contributed by atoms with van der Waals surface area (Å²) >= 11 is 7.28. The lowest BCUT2D eigenvalue weighted by Crippen LogP contribution is -2.00. The zero-order valence-corrected chi connectivity index (χ0v) is 12.9. The molecule has 0 amide bonds. The van der Waals surface area contributed by atoms with Gasteiger partial charge in [-0.2, -0.15) is 0 Å². The second-order valence-corrected chi connectivity index (χ2v) is 7.07. The number of aliphatic hydroxyl groups is 1. The van der Waals surface area contributed by atoms with Crippen LogP contribution in [0.1, 0.15) is 17.2 Å². The Morgan fingerprint density at radius 2 is 2.00 bits per heavy atom. The lowest BCUT2D eigenvalue weighted by Gasteiger charge is -2.08. The van der Waals surface area contributed by atoms with Gasteiger partial charge in [-0.25, -0.2) is 0 Å². The van der Waals surface area contributed by atoms with E-state index in [9.17, 15) is 5.11 Å². The first-order chi connectivity index (χ1) is 7.65. The van der Waals surface area contributed by atoms with Crippen LogP contribution in [-0.4, -0.2) is 5.11 Å². The highest BCUT2D eigenvalue weighted by atomic mass is 127. The highest BCUT2D eigenvalue weighted by Crippen LogP contribution is 2.27. The fourth-order valence-corrected chi connectivity index (χ4v) is 3.04. The van der Waals surface area contributed by atoms with Crippen molar-refractivity contribution in [2.45, 2.75) is 12.5 Å². The molecule has 0 fully saturated rings. The van der Waals surface area contributed by atoms with Gasteiger partial charge in [-0.05, 0) is 73.2 Å². The van der Waals surface area contributed by atoms with Crippen LogP contribution in [0.2, 0.25) is 0 Å². The van der Waals surface area contributed by atoms with Crippen LogP contribution in [0.25, 0.3) is 0 Å². The van der Waals surface area contributed by atoms with Crippen molar-refractivity contribution in [2.24, 2.45) is 0 Å². The van der Waals surface area contributed by atoms with Crippen molar-refractivity contribution in [3.8, 4) is 0 Å². The number of benzene rings is 1. The highest BCUT2D eigenvalue weighted by Gasteiger charge is 2.10. The lowest BCUT2D eigenvalue weighted by atomic mass is 10.0. The van der Waals surface area contributed by atoms with Crippen LogP contribution in [0.5, 0.6) is 0 Å². The molecule has 2 aromatic rings. The Morgan fingerprint density at radius 1 is 1.31 bits per heavy atom. The van der Waals surface area contributed by atoms with E-state index in [2.05, 4.69) is 62.8 Å². The zero-order chi connectivity index (χ0) is 11.5.